The van der Waals surface area contributed by atoms with Crippen LogP contribution in [-0.4, -0.2) is 23.7 Å². The van der Waals surface area contributed by atoms with Gasteiger partial charge in [0.15, 0.2) is 0 Å². The maximum atomic E-state index is 11.4. The van der Waals surface area contributed by atoms with Gasteiger partial charge in [-0.1, -0.05) is 36.2 Å². The molecule has 0 unspecified atom stereocenters. The molecule has 1 aliphatic heterocycles. The summed E-state index contributed by atoms with van der Waals surface area (Å²) >= 11 is 0. The molecule has 1 aromatic carbocycles. The first-order chi connectivity index (χ1) is 8.18. The highest BCUT2D eigenvalue weighted by Gasteiger charge is 2.30. The van der Waals surface area contributed by atoms with Crippen molar-refractivity contribution in [2.24, 2.45) is 0 Å². The highest BCUT2D eigenvalue weighted by Crippen LogP contribution is 2.25. The van der Waals surface area contributed by atoms with Gasteiger partial charge < -0.3 is 10.4 Å². The standard InChI is InChI=1S/C14H19NO2/c1-10-5-7-11(8-6-10)13(14(16)17)12-4-2-3-9-15-12/h5-8,12-13,15H,2-4,9H2,1H3,(H,16,17)/t12-,13-/m0/s1. The molecule has 0 saturated carbocycles. The molecule has 0 aliphatic carbocycles. The fourth-order valence-electron chi connectivity index (χ4n) is 2.48. The van der Waals surface area contributed by atoms with E-state index in [2.05, 4.69) is 5.32 Å². The Balaban J connectivity index is 2.21. The van der Waals surface area contributed by atoms with Crippen LogP contribution in [0.25, 0.3) is 0 Å². The van der Waals surface area contributed by atoms with Crippen molar-refractivity contribution < 1.29 is 9.90 Å². The van der Waals surface area contributed by atoms with Crippen molar-refractivity contribution in [2.75, 3.05) is 6.54 Å². The first kappa shape index (κ1) is 12.1. The molecule has 92 valence electrons. The summed E-state index contributed by atoms with van der Waals surface area (Å²) < 4.78 is 0. The third kappa shape index (κ3) is 2.86. The van der Waals surface area contributed by atoms with Crippen molar-refractivity contribution in [1.29, 1.82) is 0 Å². The van der Waals surface area contributed by atoms with Gasteiger partial charge in [0.25, 0.3) is 0 Å². The molecule has 1 aromatic rings. The zero-order chi connectivity index (χ0) is 12.3. The molecular formula is C14H19NO2. The highest BCUT2D eigenvalue weighted by atomic mass is 16.4. The van der Waals surface area contributed by atoms with Gasteiger partial charge in [-0.05, 0) is 31.9 Å². The number of carboxylic acid groups (broad SMARTS) is 1. The number of rotatable bonds is 3. The lowest BCUT2D eigenvalue weighted by Gasteiger charge is -2.29. The van der Waals surface area contributed by atoms with Crippen molar-refractivity contribution in [2.45, 2.75) is 38.1 Å². The molecule has 3 nitrogen and oxygen atoms in total. The van der Waals surface area contributed by atoms with E-state index in [9.17, 15) is 9.90 Å². The summed E-state index contributed by atoms with van der Waals surface area (Å²) in [6.45, 7) is 2.94. The Morgan fingerprint density at radius 3 is 2.59 bits per heavy atom. The average molecular weight is 233 g/mol. The topological polar surface area (TPSA) is 49.3 Å². The van der Waals surface area contributed by atoms with E-state index in [1.54, 1.807) is 0 Å². The molecule has 1 heterocycles. The van der Waals surface area contributed by atoms with Gasteiger partial charge in [-0.3, -0.25) is 4.79 Å². The lowest BCUT2D eigenvalue weighted by atomic mass is 9.86. The van der Waals surface area contributed by atoms with E-state index in [1.165, 1.54) is 0 Å². The summed E-state index contributed by atoms with van der Waals surface area (Å²) in [5, 5.41) is 12.7. The lowest BCUT2D eigenvalue weighted by Crippen LogP contribution is -2.41. The summed E-state index contributed by atoms with van der Waals surface area (Å²) in [5.41, 5.74) is 2.07. The van der Waals surface area contributed by atoms with Crippen LogP contribution in [0.4, 0.5) is 0 Å². The van der Waals surface area contributed by atoms with Crippen LogP contribution < -0.4 is 5.32 Å². The Bertz CT molecular complexity index is 380. The third-order valence-electron chi connectivity index (χ3n) is 3.45. The number of carbonyl (C=O) groups is 1. The van der Waals surface area contributed by atoms with Crippen LogP contribution in [0.1, 0.15) is 36.3 Å². The van der Waals surface area contributed by atoms with Crippen molar-refractivity contribution in [3.8, 4) is 0 Å². The van der Waals surface area contributed by atoms with Crippen LogP contribution in [-0.2, 0) is 4.79 Å². The molecule has 3 heteroatoms. The molecule has 1 saturated heterocycles. The smallest absolute Gasteiger partial charge is 0.312 e. The SMILES string of the molecule is Cc1ccc([C@H](C(=O)O)[C@@H]2CCCCN2)cc1. The molecule has 0 spiro atoms. The van der Waals surface area contributed by atoms with Crippen molar-refractivity contribution in [1.82, 2.24) is 5.32 Å². The molecule has 0 amide bonds. The van der Waals surface area contributed by atoms with Crippen LogP contribution in [0.2, 0.25) is 0 Å². The van der Waals surface area contributed by atoms with Crippen molar-refractivity contribution in [3.63, 3.8) is 0 Å². The third-order valence-corrected chi connectivity index (χ3v) is 3.45. The quantitative estimate of drug-likeness (QED) is 0.842. The van der Waals surface area contributed by atoms with Gasteiger partial charge >= 0.3 is 5.97 Å². The molecular weight excluding hydrogens is 214 g/mol. The fourth-order valence-corrected chi connectivity index (χ4v) is 2.48. The first-order valence-electron chi connectivity index (χ1n) is 6.21. The van der Waals surface area contributed by atoms with Gasteiger partial charge in [-0.15, -0.1) is 0 Å². The maximum Gasteiger partial charge on any atom is 0.312 e. The zero-order valence-corrected chi connectivity index (χ0v) is 10.1. The van der Waals surface area contributed by atoms with E-state index >= 15 is 0 Å². The van der Waals surface area contributed by atoms with E-state index in [-0.39, 0.29) is 6.04 Å². The molecule has 0 radical (unpaired) electrons. The van der Waals surface area contributed by atoms with Crippen LogP contribution in [0, 0.1) is 6.92 Å². The van der Waals surface area contributed by atoms with Crippen LogP contribution >= 0.6 is 0 Å². The number of benzene rings is 1. The molecule has 17 heavy (non-hydrogen) atoms. The zero-order valence-electron chi connectivity index (χ0n) is 10.1. The Kier molecular flexibility index (Phi) is 3.79. The average Bonchev–Trinajstić information content (AvgIpc) is 2.33. The predicted molar refractivity (Wildman–Crippen MR) is 67.2 cm³/mol. The summed E-state index contributed by atoms with van der Waals surface area (Å²) in [4.78, 5) is 11.4. The molecule has 2 atom stereocenters. The number of piperidine rings is 1. The van der Waals surface area contributed by atoms with Gasteiger partial charge in [-0.25, -0.2) is 0 Å². The minimum Gasteiger partial charge on any atom is -0.481 e. The van der Waals surface area contributed by atoms with Gasteiger partial charge in [-0.2, -0.15) is 0 Å². The lowest BCUT2D eigenvalue weighted by molar-refractivity contribution is -0.139. The Hall–Kier alpha value is -1.35. The number of aryl methyl sites for hydroxylation is 1. The number of aliphatic carboxylic acids is 1. The maximum absolute atomic E-state index is 11.4. The van der Waals surface area contributed by atoms with E-state index < -0.39 is 11.9 Å². The Morgan fingerprint density at radius 2 is 2.06 bits per heavy atom. The van der Waals surface area contributed by atoms with Crippen LogP contribution in [0.15, 0.2) is 24.3 Å². The monoisotopic (exact) mass is 233 g/mol. The number of carboxylic acids is 1. The van der Waals surface area contributed by atoms with Gasteiger partial charge in [0, 0.05) is 6.04 Å². The number of hydrogen-bond donors (Lipinski definition) is 2. The number of hydrogen-bond acceptors (Lipinski definition) is 2. The molecule has 1 fully saturated rings. The minimum atomic E-state index is -0.728. The predicted octanol–water partition coefficient (Wildman–Crippen LogP) is 2.31. The van der Waals surface area contributed by atoms with Crippen LogP contribution in [0.3, 0.4) is 0 Å². The molecule has 0 bridgehead atoms. The molecule has 2 rings (SSSR count). The van der Waals surface area contributed by atoms with Gasteiger partial charge in [0.1, 0.15) is 0 Å². The van der Waals surface area contributed by atoms with E-state index in [1.807, 2.05) is 31.2 Å². The highest BCUT2D eigenvalue weighted by molar-refractivity contribution is 5.77. The van der Waals surface area contributed by atoms with Crippen molar-refractivity contribution >= 4 is 5.97 Å². The van der Waals surface area contributed by atoms with E-state index in [0.29, 0.717) is 0 Å². The summed E-state index contributed by atoms with van der Waals surface area (Å²) in [6, 6.07) is 7.90. The first-order valence-corrected chi connectivity index (χ1v) is 6.21. The van der Waals surface area contributed by atoms with E-state index in [0.717, 1.165) is 36.9 Å². The summed E-state index contributed by atoms with van der Waals surface area (Å²) in [7, 11) is 0. The van der Waals surface area contributed by atoms with Gasteiger partial charge in [0.05, 0.1) is 5.92 Å². The Morgan fingerprint density at radius 1 is 1.35 bits per heavy atom. The normalized spacial score (nSPS) is 22.1. The van der Waals surface area contributed by atoms with Crippen molar-refractivity contribution in [3.05, 3.63) is 35.4 Å². The van der Waals surface area contributed by atoms with Crippen LogP contribution in [0.5, 0.6) is 0 Å². The molecule has 0 aromatic heterocycles. The molecule has 1 aliphatic rings. The second-order valence-electron chi connectivity index (χ2n) is 4.78. The second kappa shape index (κ2) is 5.32. The fraction of sp³-hybridized carbons (Fsp3) is 0.500. The van der Waals surface area contributed by atoms with E-state index in [4.69, 9.17) is 0 Å². The molecule has 2 N–H and O–H groups in total. The number of nitrogens with one attached hydrogen (secondary N) is 1. The van der Waals surface area contributed by atoms with Gasteiger partial charge in [0.2, 0.25) is 0 Å². The largest absolute Gasteiger partial charge is 0.481 e. The minimum absolute atomic E-state index is 0.0731. The summed E-state index contributed by atoms with van der Waals surface area (Å²) in [6.07, 6.45) is 3.22. The second-order valence-corrected chi connectivity index (χ2v) is 4.78. The Labute approximate surface area is 102 Å². The summed E-state index contributed by atoms with van der Waals surface area (Å²) in [5.74, 6) is -1.15.